The van der Waals surface area contributed by atoms with Gasteiger partial charge in [-0.15, -0.1) is 0 Å². The number of para-hydroxylation sites is 1. The number of rotatable bonds is 8. The normalized spacial score (nSPS) is 20.4. The number of hydrogen-bond acceptors (Lipinski definition) is 5. The van der Waals surface area contributed by atoms with E-state index >= 15 is 0 Å². The molecule has 0 bridgehead atoms. The third kappa shape index (κ3) is 6.20. The Balaban J connectivity index is 1.25. The van der Waals surface area contributed by atoms with Gasteiger partial charge >= 0.3 is 0 Å². The highest BCUT2D eigenvalue weighted by atomic mass is 32.2. The zero-order chi connectivity index (χ0) is 26.5. The van der Waals surface area contributed by atoms with Gasteiger partial charge in [-0.05, 0) is 72.7 Å². The molecule has 2 atom stereocenters. The molecule has 2 heterocycles. The van der Waals surface area contributed by atoms with Crippen LogP contribution in [0.25, 0.3) is 0 Å². The van der Waals surface area contributed by atoms with Gasteiger partial charge in [0.1, 0.15) is 11.6 Å². The highest BCUT2D eigenvalue weighted by Crippen LogP contribution is 2.31. The van der Waals surface area contributed by atoms with Crippen LogP contribution in [0.1, 0.15) is 36.5 Å². The van der Waals surface area contributed by atoms with Crippen LogP contribution in [0.2, 0.25) is 0 Å². The Kier molecular flexibility index (Phi) is 8.31. The Bertz CT molecular complexity index is 1310. The molecule has 0 saturated carbocycles. The molecule has 0 radical (unpaired) electrons. The van der Waals surface area contributed by atoms with Crippen LogP contribution in [0.5, 0.6) is 5.75 Å². The molecule has 3 aromatic carbocycles. The first-order chi connectivity index (χ1) is 18.4. The second-order valence-corrected chi connectivity index (χ2v) is 12.0. The maximum absolute atomic E-state index is 13.3. The van der Waals surface area contributed by atoms with Gasteiger partial charge in [0.15, 0.2) is 0 Å². The Labute approximate surface area is 225 Å². The van der Waals surface area contributed by atoms with Gasteiger partial charge in [0, 0.05) is 38.4 Å². The molecule has 2 aliphatic rings. The van der Waals surface area contributed by atoms with E-state index in [4.69, 9.17) is 4.74 Å². The van der Waals surface area contributed by atoms with Crippen LogP contribution in [0, 0.1) is 5.82 Å². The number of nitrogens with zero attached hydrogens (tertiary/aromatic N) is 2. The molecule has 3 aromatic rings. The molecule has 38 heavy (non-hydrogen) atoms. The number of fused-ring (bicyclic) bond motifs is 1. The smallest absolute Gasteiger partial charge is 0.251 e. The van der Waals surface area contributed by atoms with Crippen LogP contribution in [-0.2, 0) is 22.9 Å². The predicted octanol–water partition coefficient (Wildman–Crippen LogP) is 4.59. The summed E-state index contributed by atoms with van der Waals surface area (Å²) in [7, 11) is -3.66. The van der Waals surface area contributed by atoms with E-state index in [1.54, 1.807) is 0 Å². The van der Waals surface area contributed by atoms with Gasteiger partial charge in [-0.1, -0.05) is 49.4 Å². The molecular formula is C30H36FN3O3S. The van der Waals surface area contributed by atoms with Gasteiger partial charge in [0.2, 0.25) is 5.44 Å². The van der Waals surface area contributed by atoms with E-state index < -0.39 is 15.5 Å². The molecule has 1 fully saturated rings. The number of hydrogen-bond donors (Lipinski definition) is 1. The van der Waals surface area contributed by atoms with Gasteiger partial charge in [-0.3, -0.25) is 4.90 Å². The second-order valence-electron chi connectivity index (χ2n) is 10.1. The van der Waals surface area contributed by atoms with Crippen molar-refractivity contribution in [1.82, 2.24) is 9.62 Å². The van der Waals surface area contributed by atoms with Gasteiger partial charge in [-0.2, -0.15) is 0 Å². The number of nitrogens with one attached hydrogen (secondary N) is 1. The highest BCUT2D eigenvalue weighted by molar-refractivity contribution is 7.90. The monoisotopic (exact) mass is 537 g/mol. The molecular weight excluding hydrogens is 501 g/mol. The molecule has 1 saturated heterocycles. The minimum Gasteiger partial charge on any atom is -0.471 e. The van der Waals surface area contributed by atoms with E-state index in [1.807, 2.05) is 43.3 Å². The topological polar surface area (TPSA) is 61.9 Å². The average Bonchev–Trinajstić information content (AvgIpc) is 3.14. The van der Waals surface area contributed by atoms with Crippen molar-refractivity contribution in [3.63, 3.8) is 0 Å². The van der Waals surface area contributed by atoms with Crippen molar-refractivity contribution >= 4 is 15.7 Å². The summed E-state index contributed by atoms with van der Waals surface area (Å²) < 4.78 is 48.9. The maximum atomic E-state index is 13.3. The van der Waals surface area contributed by atoms with Crippen LogP contribution >= 0.6 is 0 Å². The Morgan fingerprint density at radius 3 is 2.26 bits per heavy atom. The molecule has 2 unspecified atom stereocenters. The predicted molar refractivity (Wildman–Crippen MR) is 150 cm³/mol. The molecule has 8 heteroatoms. The summed E-state index contributed by atoms with van der Waals surface area (Å²) in [6.45, 7) is 5.52. The van der Waals surface area contributed by atoms with Gasteiger partial charge in [0.25, 0.3) is 10.0 Å². The lowest BCUT2D eigenvalue weighted by molar-refractivity contribution is 0.104. The fraction of sp³-hybridized carbons (Fsp3) is 0.400. The van der Waals surface area contributed by atoms with Crippen molar-refractivity contribution in [1.29, 1.82) is 0 Å². The van der Waals surface area contributed by atoms with E-state index in [0.29, 0.717) is 12.3 Å². The van der Waals surface area contributed by atoms with E-state index in [1.165, 1.54) is 17.7 Å². The summed E-state index contributed by atoms with van der Waals surface area (Å²) in [4.78, 5) is 4.64. The lowest BCUT2D eigenvalue weighted by atomic mass is 10.0. The molecule has 6 nitrogen and oxygen atoms in total. The number of halogens is 1. The van der Waals surface area contributed by atoms with Gasteiger partial charge in [0.05, 0.1) is 6.04 Å². The number of benzene rings is 3. The molecule has 0 amide bonds. The number of sulfonamides is 1. The number of anilines is 1. The molecule has 202 valence electrons. The highest BCUT2D eigenvalue weighted by Gasteiger charge is 2.41. The lowest BCUT2D eigenvalue weighted by Gasteiger charge is -2.41. The zero-order valence-corrected chi connectivity index (χ0v) is 22.7. The largest absolute Gasteiger partial charge is 0.471 e. The summed E-state index contributed by atoms with van der Waals surface area (Å²) in [6.07, 6.45) is 3.01. The van der Waals surface area contributed by atoms with Crippen molar-refractivity contribution in [3.05, 3.63) is 95.3 Å². The molecule has 5 rings (SSSR count). The summed E-state index contributed by atoms with van der Waals surface area (Å²) in [5.74, 6) is 0.450. The van der Waals surface area contributed by atoms with Crippen LogP contribution in [0.4, 0.5) is 10.1 Å². The second kappa shape index (κ2) is 11.8. The summed E-state index contributed by atoms with van der Waals surface area (Å²) in [6, 6.07) is 22.7. The van der Waals surface area contributed by atoms with Crippen molar-refractivity contribution in [2.75, 3.05) is 37.6 Å². The Morgan fingerprint density at radius 1 is 0.921 bits per heavy atom. The average molecular weight is 538 g/mol. The van der Waals surface area contributed by atoms with Gasteiger partial charge < -0.3 is 9.64 Å². The van der Waals surface area contributed by atoms with Crippen LogP contribution in [0.15, 0.2) is 72.8 Å². The summed E-state index contributed by atoms with van der Waals surface area (Å²) >= 11 is 0. The van der Waals surface area contributed by atoms with Crippen molar-refractivity contribution in [2.45, 2.75) is 44.1 Å². The minimum atomic E-state index is -3.66. The molecule has 2 aliphatic heterocycles. The van der Waals surface area contributed by atoms with Crippen molar-refractivity contribution < 1.29 is 17.5 Å². The Hall–Kier alpha value is -2.94. The fourth-order valence-electron chi connectivity index (χ4n) is 5.39. The molecule has 0 spiro atoms. The quantitative estimate of drug-likeness (QED) is 0.456. The van der Waals surface area contributed by atoms with E-state index in [2.05, 4.69) is 38.8 Å². The van der Waals surface area contributed by atoms with Crippen LogP contribution < -0.4 is 14.4 Å². The fourth-order valence-corrected chi connectivity index (χ4v) is 7.00. The summed E-state index contributed by atoms with van der Waals surface area (Å²) in [5, 5.41) is 0. The van der Waals surface area contributed by atoms with Crippen molar-refractivity contribution in [2.24, 2.45) is 0 Å². The van der Waals surface area contributed by atoms with Crippen LogP contribution in [0.3, 0.4) is 0 Å². The summed E-state index contributed by atoms with van der Waals surface area (Å²) in [5.41, 5.74) is 3.53. The van der Waals surface area contributed by atoms with Crippen molar-refractivity contribution in [3.8, 4) is 5.75 Å². The number of piperazine rings is 1. The first kappa shape index (κ1) is 26.7. The number of ether oxygens (including phenoxy) is 1. The standard InChI is InChI=1S/C30H36FN3O3S/c1-2-17-32-38(35,36)30-28(16-11-25-5-3-4-6-29(25)37-30)34-20-18-33(19-21-34)27-14-9-24(10-15-27)22-23-7-12-26(31)13-8-23/h3-10,12-15,28,30,32H,2,11,16-22H2,1H3. The van der Waals surface area contributed by atoms with Crippen LogP contribution in [-0.4, -0.2) is 57.5 Å². The van der Waals surface area contributed by atoms with E-state index in [9.17, 15) is 12.8 Å². The zero-order valence-electron chi connectivity index (χ0n) is 21.9. The first-order valence-electron chi connectivity index (χ1n) is 13.5. The lowest BCUT2D eigenvalue weighted by Crippen LogP contribution is -2.58. The maximum Gasteiger partial charge on any atom is 0.251 e. The molecule has 0 aromatic heterocycles. The van der Waals surface area contributed by atoms with E-state index in [0.717, 1.165) is 68.7 Å². The molecule has 1 N–H and O–H groups in total. The first-order valence-corrected chi connectivity index (χ1v) is 15.0. The Morgan fingerprint density at radius 2 is 1.58 bits per heavy atom. The number of aryl methyl sites for hydroxylation is 1. The minimum absolute atomic E-state index is 0.218. The van der Waals surface area contributed by atoms with Gasteiger partial charge in [-0.25, -0.2) is 17.5 Å². The third-order valence-electron chi connectivity index (χ3n) is 7.50. The third-order valence-corrected chi connectivity index (χ3v) is 9.13. The van der Waals surface area contributed by atoms with E-state index in [-0.39, 0.29) is 11.9 Å². The molecule has 0 aliphatic carbocycles. The SMILES string of the molecule is CCCNS(=O)(=O)C1Oc2ccccc2CCC1N1CCN(c2ccc(Cc3ccc(F)cc3)cc2)CC1.